The summed E-state index contributed by atoms with van der Waals surface area (Å²) in [6, 6.07) is 10.4. The molecule has 1 unspecified atom stereocenters. The van der Waals surface area contributed by atoms with Crippen molar-refractivity contribution in [3.05, 3.63) is 35.9 Å². The molecular formula is C16H23NO2. The van der Waals surface area contributed by atoms with Crippen molar-refractivity contribution in [2.75, 3.05) is 19.6 Å². The van der Waals surface area contributed by atoms with Gasteiger partial charge in [-0.2, -0.15) is 0 Å². The summed E-state index contributed by atoms with van der Waals surface area (Å²) in [5.74, 6) is -0.448. The molecule has 3 heteroatoms. The molecule has 1 aliphatic heterocycles. The summed E-state index contributed by atoms with van der Waals surface area (Å²) < 4.78 is 0. The average molecular weight is 261 g/mol. The fraction of sp³-hybridized carbons (Fsp3) is 0.562. The zero-order valence-electron chi connectivity index (χ0n) is 11.8. The Bertz CT molecular complexity index is 430. The Hall–Kier alpha value is -1.35. The van der Waals surface area contributed by atoms with E-state index in [1.165, 1.54) is 5.56 Å². The van der Waals surface area contributed by atoms with Crippen LogP contribution in [-0.2, 0) is 11.2 Å². The molecule has 1 atom stereocenters. The van der Waals surface area contributed by atoms with E-state index in [1.54, 1.807) is 0 Å². The topological polar surface area (TPSA) is 40.5 Å². The number of aliphatic carboxylic acids is 1. The normalized spacial score (nSPS) is 23.9. The van der Waals surface area contributed by atoms with Gasteiger partial charge in [-0.3, -0.25) is 4.79 Å². The molecule has 0 radical (unpaired) electrons. The third-order valence-electron chi connectivity index (χ3n) is 4.47. The molecule has 2 rings (SSSR count). The largest absolute Gasteiger partial charge is 0.481 e. The van der Waals surface area contributed by atoms with Crippen LogP contribution >= 0.6 is 0 Å². The number of hydrogen-bond donors (Lipinski definition) is 1. The highest BCUT2D eigenvalue weighted by Gasteiger charge is 2.46. The molecule has 1 saturated heterocycles. The maximum Gasteiger partial charge on any atom is 0.311 e. The molecule has 0 bridgehead atoms. The minimum Gasteiger partial charge on any atom is -0.481 e. The summed E-state index contributed by atoms with van der Waals surface area (Å²) in [6.45, 7) is 6.58. The van der Waals surface area contributed by atoms with Gasteiger partial charge >= 0.3 is 5.97 Å². The van der Waals surface area contributed by atoms with E-state index in [2.05, 4.69) is 29.2 Å². The van der Waals surface area contributed by atoms with E-state index in [0.29, 0.717) is 6.54 Å². The Morgan fingerprint density at radius 2 is 2.05 bits per heavy atom. The van der Waals surface area contributed by atoms with Gasteiger partial charge in [0.25, 0.3) is 0 Å². The van der Waals surface area contributed by atoms with E-state index in [4.69, 9.17) is 0 Å². The fourth-order valence-electron chi connectivity index (χ4n) is 2.93. The van der Waals surface area contributed by atoms with Crippen molar-refractivity contribution in [2.24, 2.45) is 11.3 Å². The number of rotatable bonds is 5. The molecule has 0 spiro atoms. The summed E-state index contributed by atoms with van der Waals surface area (Å²) in [5.41, 5.74) is 0.774. The first-order chi connectivity index (χ1) is 9.04. The van der Waals surface area contributed by atoms with Crippen molar-refractivity contribution in [1.29, 1.82) is 0 Å². The van der Waals surface area contributed by atoms with E-state index in [0.717, 1.165) is 25.9 Å². The van der Waals surface area contributed by atoms with Gasteiger partial charge in [-0.05, 0) is 30.9 Å². The van der Waals surface area contributed by atoms with Crippen molar-refractivity contribution >= 4 is 5.97 Å². The maximum absolute atomic E-state index is 11.6. The van der Waals surface area contributed by atoms with Crippen LogP contribution in [0.4, 0.5) is 0 Å². The van der Waals surface area contributed by atoms with Gasteiger partial charge in [-0.15, -0.1) is 0 Å². The number of nitrogens with zero attached hydrogens (tertiary/aromatic N) is 1. The minimum atomic E-state index is -0.635. The van der Waals surface area contributed by atoms with Gasteiger partial charge in [0.1, 0.15) is 0 Å². The first-order valence-corrected chi connectivity index (χ1v) is 7.04. The van der Waals surface area contributed by atoms with Gasteiger partial charge in [0.2, 0.25) is 0 Å². The van der Waals surface area contributed by atoms with E-state index < -0.39 is 11.4 Å². The number of carbonyl (C=O) groups is 1. The zero-order chi connectivity index (χ0) is 13.9. The predicted molar refractivity (Wildman–Crippen MR) is 76.1 cm³/mol. The van der Waals surface area contributed by atoms with Gasteiger partial charge < -0.3 is 10.0 Å². The van der Waals surface area contributed by atoms with Crippen LogP contribution in [0.15, 0.2) is 30.3 Å². The van der Waals surface area contributed by atoms with E-state index >= 15 is 0 Å². The van der Waals surface area contributed by atoms with Crippen LogP contribution in [0.2, 0.25) is 0 Å². The lowest BCUT2D eigenvalue weighted by molar-refractivity contribution is -0.151. The summed E-state index contributed by atoms with van der Waals surface area (Å²) in [5, 5.41) is 9.51. The quantitative estimate of drug-likeness (QED) is 0.886. The maximum atomic E-state index is 11.6. The molecule has 0 amide bonds. The van der Waals surface area contributed by atoms with Crippen LogP contribution in [-0.4, -0.2) is 35.6 Å². The average Bonchev–Trinajstić information content (AvgIpc) is 2.83. The van der Waals surface area contributed by atoms with Crippen molar-refractivity contribution in [3.63, 3.8) is 0 Å². The van der Waals surface area contributed by atoms with Crippen LogP contribution in [0.25, 0.3) is 0 Å². The fourth-order valence-corrected chi connectivity index (χ4v) is 2.93. The lowest BCUT2D eigenvalue weighted by Crippen LogP contribution is -2.39. The van der Waals surface area contributed by atoms with Crippen molar-refractivity contribution in [2.45, 2.75) is 26.7 Å². The van der Waals surface area contributed by atoms with E-state index in [9.17, 15) is 9.90 Å². The molecule has 1 aromatic rings. The summed E-state index contributed by atoms with van der Waals surface area (Å²) in [6.07, 6.45) is 1.77. The van der Waals surface area contributed by atoms with Gasteiger partial charge in [0.05, 0.1) is 5.41 Å². The van der Waals surface area contributed by atoms with Gasteiger partial charge in [0, 0.05) is 13.1 Å². The second-order valence-electron chi connectivity index (χ2n) is 5.88. The van der Waals surface area contributed by atoms with Gasteiger partial charge in [0.15, 0.2) is 0 Å². The van der Waals surface area contributed by atoms with Crippen LogP contribution in [0.1, 0.15) is 25.8 Å². The number of likely N-dealkylation sites (tertiary alicyclic amines) is 1. The van der Waals surface area contributed by atoms with Crippen molar-refractivity contribution in [1.82, 2.24) is 4.90 Å². The van der Waals surface area contributed by atoms with Crippen molar-refractivity contribution in [3.8, 4) is 0 Å². The number of hydrogen-bond acceptors (Lipinski definition) is 2. The minimum absolute atomic E-state index is 0.187. The highest BCUT2D eigenvalue weighted by molar-refractivity contribution is 5.75. The highest BCUT2D eigenvalue weighted by atomic mass is 16.4. The summed E-state index contributed by atoms with van der Waals surface area (Å²) in [4.78, 5) is 13.9. The third-order valence-corrected chi connectivity index (χ3v) is 4.47. The Morgan fingerprint density at radius 3 is 2.58 bits per heavy atom. The molecule has 0 aromatic heterocycles. The highest BCUT2D eigenvalue weighted by Crippen LogP contribution is 2.38. The SMILES string of the molecule is CC(C)C1(C(=O)O)CCN(CCc2ccccc2)C1. The summed E-state index contributed by atoms with van der Waals surface area (Å²) in [7, 11) is 0. The van der Waals surface area contributed by atoms with Crippen LogP contribution in [0.5, 0.6) is 0 Å². The second-order valence-corrected chi connectivity index (χ2v) is 5.88. The Balaban J connectivity index is 1.93. The Kier molecular flexibility index (Phi) is 4.25. The lowest BCUT2D eigenvalue weighted by Gasteiger charge is -2.28. The molecule has 0 saturated carbocycles. The van der Waals surface area contributed by atoms with Gasteiger partial charge in [-0.1, -0.05) is 44.2 Å². The molecule has 1 heterocycles. The standard InChI is InChI=1S/C16H23NO2/c1-13(2)16(15(18)19)9-11-17(12-16)10-8-14-6-4-3-5-7-14/h3-7,13H,8-12H2,1-2H3,(H,18,19). The predicted octanol–water partition coefficient (Wildman–Crippen LogP) is 2.66. The molecule has 0 aliphatic carbocycles. The number of carboxylic acid groups (broad SMARTS) is 1. The zero-order valence-corrected chi connectivity index (χ0v) is 11.8. The third kappa shape index (κ3) is 2.98. The second kappa shape index (κ2) is 5.74. The van der Waals surface area contributed by atoms with E-state index in [1.807, 2.05) is 19.9 Å². The summed E-state index contributed by atoms with van der Waals surface area (Å²) >= 11 is 0. The molecule has 104 valence electrons. The molecule has 1 aliphatic rings. The van der Waals surface area contributed by atoms with Crippen molar-refractivity contribution < 1.29 is 9.90 Å². The molecule has 1 N–H and O–H groups in total. The molecule has 1 aromatic carbocycles. The Labute approximate surface area is 115 Å². The monoisotopic (exact) mass is 261 g/mol. The van der Waals surface area contributed by atoms with E-state index in [-0.39, 0.29) is 5.92 Å². The van der Waals surface area contributed by atoms with Crippen LogP contribution in [0.3, 0.4) is 0 Å². The lowest BCUT2D eigenvalue weighted by atomic mass is 9.76. The molecule has 1 fully saturated rings. The first kappa shape index (κ1) is 14.1. The van der Waals surface area contributed by atoms with Gasteiger partial charge in [-0.25, -0.2) is 0 Å². The first-order valence-electron chi connectivity index (χ1n) is 7.04. The molecular weight excluding hydrogens is 238 g/mol. The Morgan fingerprint density at radius 1 is 1.37 bits per heavy atom. The smallest absolute Gasteiger partial charge is 0.311 e. The molecule has 19 heavy (non-hydrogen) atoms. The number of benzene rings is 1. The van der Waals surface area contributed by atoms with Crippen LogP contribution in [0, 0.1) is 11.3 Å². The number of carboxylic acids is 1. The van der Waals surface area contributed by atoms with Crippen LogP contribution < -0.4 is 0 Å². The molecule has 3 nitrogen and oxygen atoms in total.